The maximum atomic E-state index is 5.05. The van der Waals surface area contributed by atoms with E-state index in [-0.39, 0.29) is 0 Å². The molecule has 0 amide bonds. The maximum Gasteiger partial charge on any atom is 0.0979 e. The van der Waals surface area contributed by atoms with Crippen molar-refractivity contribution >= 4 is 11.4 Å². The number of para-hydroxylation sites is 2. The molecule has 0 atom stereocenters. The second-order valence-corrected chi connectivity index (χ2v) is 6.67. The Hall–Kier alpha value is -3.52. The van der Waals surface area contributed by atoms with Gasteiger partial charge in [0.25, 0.3) is 0 Å². The summed E-state index contributed by atoms with van der Waals surface area (Å²) in [7, 11) is 0. The third-order valence-electron chi connectivity index (χ3n) is 5.21. The van der Waals surface area contributed by atoms with Crippen LogP contribution < -0.4 is 10.7 Å². The Kier molecular flexibility index (Phi) is 2.64. The van der Waals surface area contributed by atoms with Crippen LogP contribution in [0, 0.1) is 0 Å². The van der Waals surface area contributed by atoms with E-state index in [1.165, 1.54) is 33.4 Å². The van der Waals surface area contributed by atoms with Crippen LogP contribution in [-0.4, -0.2) is 0 Å². The monoisotopic (exact) mass is 330 g/mol. The van der Waals surface area contributed by atoms with E-state index in [0.717, 1.165) is 22.1 Å². The van der Waals surface area contributed by atoms with E-state index in [2.05, 4.69) is 72.8 Å². The molecule has 0 aliphatic carbocycles. The molecular weight excluding hydrogens is 316 g/mol. The molecule has 2 aliphatic rings. The smallest absolute Gasteiger partial charge is 0.0979 e. The molecule has 120 valence electrons. The average molecular weight is 330 g/mol. The molecule has 2 aliphatic heterocycles. The van der Waals surface area contributed by atoms with E-state index in [0.29, 0.717) is 0 Å². The SMILES string of the molecule is c1ccc(-c2cccc3c2N=c2c-3ccc3c2=Nc2ccccc2-3)cc1. The molecule has 0 bridgehead atoms. The molecule has 2 heteroatoms. The molecule has 4 aromatic carbocycles. The number of hydrogen-bond acceptors (Lipinski definition) is 2. The predicted octanol–water partition coefficient (Wildman–Crippen LogP) is 5.22. The highest BCUT2D eigenvalue weighted by atomic mass is 14.8. The molecule has 26 heavy (non-hydrogen) atoms. The summed E-state index contributed by atoms with van der Waals surface area (Å²) in [6.07, 6.45) is 0. The Bertz CT molecular complexity index is 1320. The van der Waals surface area contributed by atoms with Crippen molar-refractivity contribution in [3.63, 3.8) is 0 Å². The van der Waals surface area contributed by atoms with Gasteiger partial charge < -0.3 is 0 Å². The highest BCUT2D eigenvalue weighted by Gasteiger charge is 2.22. The van der Waals surface area contributed by atoms with E-state index >= 15 is 0 Å². The second kappa shape index (κ2) is 4.99. The lowest BCUT2D eigenvalue weighted by Crippen LogP contribution is -2.25. The van der Waals surface area contributed by atoms with Gasteiger partial charge in [-0.05, 0) is 11.6 Å². The van der Waals surface area contributed by atoms with Gasteiger partial charge in [-0.3, -0.25) is 0 Å². The molecular formula is C24H14N2. The van der Waals surface area contributed by atoms with Gasteiger partial charge >= 0.3 is 0 Å². The molecule has 0 saturated heterocycles. The maximum absolute atomic E-state index is 5.05. The first-order valence-electron chi connectivity index (χ1n) is 8.79. The fourth-order valence-electron chi connectivity index (χ4n) is 4.00. The van der Waals surface area contributed by atoms with Gasteiger partial charge in [0.1, 0.15) is 0 Å². The fourth-order valence-corrected chi connectivity index (χ4v) is 4.00. The normalized spacial score (nSPS) is 12.5. The molecule has 6 rings (SSSR count). The highest BCUT2D eigenvalue weighted by Crippen LogP contribution is 2.41. The van der Waals surface area contributed by atoms with Crippen molar-refractivity contribution in [2.75, 3.05) is 0 Å². The third kappa shape index (κ3) is 1.76. The van der Waals surface area contributed by atoms with Crippen LogP contribution >= 0.6 is 0 Å². The number of benzene rings is 4. The lowest BCUT2D eigenvalue weighted by molar-refractivity contribution is 1.29. The largest absolute Gasteiger partial charge is 0.245 e. The van der Waals surface area contributed by atoms with Crippen LogP contribution in [0.4, 0.5) is 11.4 Å². The first-order valence-corrected chi connectivity index (χ1v) is 8.79. The Morgan fingerprint density at radius 1 is 0.423 bits per heavy atom. The number of rotatable bonds is 1. The summed E-state index contributed by atoms with van der Waals surface area (Å²) in [5, 5.41) is 2.00. The number of hydrogen-bond donors (Lipinski definition) is 0. The molecule has 0 aromatic heterocycles. The van der Waals surface area contributed by atoms with Crippen LogP contribution in [0.25, 0.3) is 33.4 Å². The van der Waals surface area contributed by atoms with Gasteiger partial charge in [0, 0.05) is 27.8 Å². The van der Waals surface area contributed by atoms with Crippen molar-refractivity contribution in [2.45, 2.75) is 0 Å². The summed E-state index contributed by atoms with van der Waals surface area (Å²) in [6, 6.07) is 29.6. The number of fused-ring (bicyclic) bond motifs is 7. The summed E-state index contributed by atoms with van der Waals surface area (Å²) in [5.41, 5.74) is 9.18. The summed E-state index contributed by atoms with van der Waals surface area (Å²) >= 11 is 0. The van der Waals surface area contributed by atoms with Crippen LogP contribution in [0.3, 0.4) is 0 Å². The van der Waals surface area contributed by atoms with Gasteiger partial charge in [-0.15, -0.1) is 0 Å². The van der Waals surface area contributed by atoms with Crippen molar-refractivity contribution < 1.29 is 0 Å². The Morgan fingerprint density at radius 3 is 1.96 bits per heavy atom. The summed E-state index contributed by atoms with van der Waals surface area (Å²) in [5.74, 6) is 0. The van der Waals surface area contributed by atoms with Crippen molar-refractivity contribution in [1.82, 2.24) is 0 Å². The Morgan fingerprint density at radius 2 is 1.08 bits per heavy atom. The first-order chi connectivity index (χ1) is 12.9. The second-order valence-electron chi connectivity index (χ2n) is 6.67. The fraction of sp³-hybridized carbons (Fsp3) is 0. The third-order valence-corrected chi connectivity index (χ3v) is 5.21. The average Bonchev–Trinajstić information content (AvgIpc) is 3.27. The van der Waals surface area contributed by atoms with Crippen LogP contribution in [0.2, 0.25) is 0 Å². The van der Waals surface area contributed by atoms with E-state index in [1.54, 1.807) is 0 Å². The van der Waals surface area contributed by atoms with Crippen LogP contribution in [0.15, 0.2) is 94.9 Å². The van der Waals surface area contributed by atoms with Crippen LogP contribution in [0.1, 0.15) is 0 Å². The zero-order valence-corrected chi connectivity index (χ0v) is 14.0. The summed E-state index contributed by atoms with van der Waals surface area (Å²) < 4.78 is 0. The van der Waals surface area contributed by atoms with Gasteiger partial charge in [-0.1, -0.05) is 78.9 Å². The lowest BCUT2D eigenvalue weighted by Gasteiger charge is -2.07. The van der Waals surface area contributed by atoms with E-state index in [1.807, 2.05) is 12.1 Å². The minimum absolute atomic E-state index is 0.997. The first kappa shape index (κ1) is 13.7. The zero-order valence-electron chi connectivity index (χ0n) is 14.0. The summed E-state index contributed by atoms with van der Waals surface area (Å²) in [4.78, 5) is 9.93. The molecule has 0 spiro atoms. The number of nitrogens with zero attached hydrogens (tertiary/aromatic N) is 2. The molecule has 0 radical (unpaired) electrons. The van der Waals surface area contributed by atoms with Gasteiger partial charge in [-0.2, -0.15) is 0 Å². The minimum Gasteiger partial charge on any atom is -0.245 e. The minimum atomic E-state index is 0.997. The lowest BCUT2D eigenvalue weighted by atomic mass is 9.97. The Labute approximate surface area is 150 Å². The molecule has 0 N–H and O–H groups in total. The van der Waals surface area contributed by atoms with Crippen LogP contribution in [-0.2, 0) is 0 Å². The van der Waals surface area contributed by atoms with E-state index in [9.17, 15) is 0 Å². The van der Waals surface area contributed by atoms with Crippen molar-refractivity contribution in [1.29, 1.82) is 0 Å². The quantitative estimate of drug-likeness (QED) is 0.395. The highest BCUT2D eigenvalue weighted by molar-refractivity contribution is 5.92. The van der Waals surface area contributed by atoms with E-state index < -0.39 is 0 Å². The van der Waals surface area contributed by atoms with Crippen LogP contribution in [0.5, 0.6) is 0 Å². The molecule has 2 nitrogen and oxygen atoms in total. The predicted molar refractivity (Wildman–Crippen MR) is 104 cm³/mol. The van der Waals surface area contributed by atoms with Gasteiger partial charge in [-0.25, -0.2) is 9.98 Å². The summed E-state index contributed by atoms with van der Waals surface area (Å²) in [6.45, 7) is 0. The van der Waals surface area contributed by atoms with Gasteiger partial charge in [0.05, 0.1) is 22.1 Å². The van der Waals surface area contributed by atoms with Gasteiger partial charge in [0.15, 0.2) is 0 Å². The molecule has 0 fully saturated rings. The molecule has 4 aromatic rings. The zero-order chi connectivity index (χ0) is 17.1. The van der Waals surface area contributed by atoms with Crippen molar-refractivity contribution in [3.8, 4) is 33.4 Å². The molecule has 0 unspecified atom stereocenters. The molecule has 2 heterocycles. The van der Waals surface area contributed by atoms with Gasteiger partial charge in [0.2, 0.25) is 0 Å². The standard InChI is InChI=1S/C24H14N2/c1-2-7-15(8-3-1)16-10-6-11-18-20-14-13-19-17-9-4-5-12-21(17)25-23(19)24(20)26-22(16)18/h1-14H. The van der Waals surface area contributed by atoms with Crippen molar-refractivity contribution in [2.24, 2.45) is 9.98 Å². The molecule has 0 saturated carbocycles. The van der Waals surface area contributed by atoms with Crippen molar-refractivity contribution in [3.05, 3.63) is 95.6 Å². The Balaban J connectivity index is 1.67. The van der Waals surface area contributed by atoms with E-state index in [4.69, 9.17) is 9.98 Å². The topological polar surface area (TPSA) is 24.7 Å².